The summed E-state index contributed by atoms with van der Waals surface area (Å²) in [4.78, 5) is 11.2. The largest absolute Gasteiger partial charge is 0.375 e. The van der Waals surface area contributed by atoms with Gasteiger partial charge in [-0.3, -0.25) is 8.98 Å². The Kier molecular flexibility index (Phi) is 3.77. The topological polar surface area (TPSA) is 52.6 Å². The van der Waals surface area contributed by atoms with Crippen molar-refractivity contribution < 1.29 is 17.9 Å². The fourth-order valence-corrected chi connectivity index (χ4v) is 3.03. The summed E-state index contributed by atoms with van der Waals surface area (Å²) in [5, 5.41) is -0.325. The van der Waals surface area contributed by atoms with Gasteiger partial charge in [0.1, 0.15) is 0 Å². The third-order valence-corrected chi connectivity index (χ3v) is 4.52. The molecule has 2 rings (SSSR count). The molecule has 1 saturated heterocycles. The van der Waals surface area contributed by atoms with E-state index < -0.39 is 11.1 Å². The predicted octanol–water partition coefficient (Wildman–Crippen LogP) is 1.71. The summed E-state index contributed by atoms with van der Waals surface area (Å²) in [7, 11) is 0. The van der Waals surface area contributed by atoms with Gasteiger partial charge in [-0.25, -0.2) is 4.21 Å². The first-order chi connectivity index (χ1) is 7.65. The third-order valence-electron chi connectivity index (χ3n) is 3.41. The molecule has 5 heteroatoms. The molecule has 4 nitrogen and oxygen atoms in total. The fraction of sp³-hybridized carbons (Fsp3) is 0.909. The van der Waals surface area contributed by atoms with Crippen molar-refractivity contribution in [3.63, 3.8) is 0 Å². The molecule has 1 spiro atoms. The zero-order chi connectivity index (χ0) is 11.6. The molecule has 2 aliphatic rings. The van der Waals surface area contributed by atoms with Gasteiger partial charge in [-0.1, -0.05) is 6.92 Å². The summed E-state index contributed by atoms with van der Waals surface area (Å²) in [5.74, 6) is 0. The van der Waals surface area contributed by atoms with Crippen molar-refractivity contribution in [2.75, 3.05) is 6.61 Å². The van der Waals surface area contributed by atoms with E-state index >= 15 is 0 Å². The second kappa shape index (κ2) is 4.94. The molecule has 0 bridgehead atoms. The number of carbonyl (C=O) groups is 1. The maximum Gasteiger partial charge on any atom is 0.246 e. The normalized spacial score (nSPS) is 29.7. The SMILES string of the molecule is CCC(=O)S(=O)OC1CCOC2(CCC2)C1. The Labute approximate surface area is 98.3 Å². The summed E-state index contributed by atoms with van der Waals surface area (Å²) in [6, 6.07) is 0. The van der Waals surface area contributed by atoms with Crippen LogP contribution in [0.15, 0.2) is 0 Å². The van der Waals surface area contributed by atoms with Crippen LogP contribution in [-0.4, -0.2) is 27.6 Å². The van der Waals surface area contributed by atoms with E-state index in [1.807, 2.05) is 0 Å². The van der Waals surface area contributed by atoms with Gasteiger partial charge in [-0.15, -0.1) is 0 Å². The number of carbonyl (C=O) groups excluding carboxylic acids is 1. The van der Waals surface area contributed by atoms with Crippen molar-refractivity contribution in [3.8, 4) is 0 Å². The Morgan fingerprint density at radius 2 is 2.31 bits per heavy atom. The second-order valence-corrected chi connectivity index (χ2v) is 5.67. The lowest BCUT2D eigenvalue weighted by Crippen LogP contribution is -2.48. The van der Waals surface area contributed by atoms with Crippen LogP contribution in [0.4, 0.5) is 0 Å². The first kappa shape index (κ1) is 12.2. The van der Waals surface area contributed by atoms with Crippen molar-refractivity contribution in [2.45, 2.75) is 57.2 Å². The van der Waals surface area contributed by atoms with E-state index in [9.17, 15) is 9.00 Å². The molecule has 2 atom stereocenters. The van der Waals surface area contributed by atoms with E-state index in [1.54, 1.807) is 6.92 Å². The summed E-state index contributed by atoms with van der Waals surface area (Å²) >= 11 is -1.77. The molecule has 0 N–H and O–H groups in total. The van der Waals surface area contributed by atoms with Gasteiger partial charge in [0.25, 0.3) is 0 Å². The van der Waals surface area contributed by atoms with Gasteiger partial charge in [0.2, 0.25) is 16.2 Å². The Morgan fingerprint density at radius 1 is 1.56 bits per heavy atom. The highest BCUT2D eigenvalue weighted by atomic mass is 32.2. The zero-order valence-electron chi connectivity index (χ0n) is 9.57. The molecule has 0 aromatic rings. The van der Waals surface area contributed by atoms with Gasteiger partial charge in [0.05, 0.1) is 11.7 Å². The number of rotatable bonds is 3. The van der Waals surface area contributed by atoms with Crippen LogP contribution >= 0.6 is 0 Å². The molecule has 2 unspecified atom stereocenters. The molecular formula is C11H18O4S. The summed E-state index contributed by atoms with van der Waals surface area (Å²) in [6.07, 6.45) is 5.05. The van der Waals surface area contributed by atoms with E-state index in [0.717, 1.165) is 25.7 Å². The van der Waals surface area contributed by atoms with Crippen molar-refractivity contribution in [1.29, 1.82) is 0 Å². The van der Waals surface area contributed by atoms with Gasteiger partial charge >= 0.3 is 0 Å². The van der Waals surface area contributed by atoms with Crippen LogP contribution in [0, 0.1) is 0 Å². The lowest BCUT2D eigenvalue weighted by atomic mass is 9.74. The molecular weight excluding hydrogens is 228 g/mol. The molecule has 1 saturated carbocycles. The van der Waals surface area contributed by atoms with E-state index in [-0.39, 0.29) is 23.2 Å². The third kappa shape index (κ3) is 2.52. The van der Waals surface area contributed by atoms with Crippen molar-refractivity contribution in [3.05, 3.63) is 0 Å². The lowest BCUT2D eigenvalue weighted by Gasteiger charge is -2.46. The van der Waals surface area contributed by atoms with Crippen LogP contribution < -0.4 is 0 Å². The van der Waals surface area contributed by atoms with Gasteiger partial charge < -0.3 is 4.74 Å². The molecule has 2 fully saturated rings. The summed E-state index contributed by atoms with van der Waals surface area (Å²) in [6.45, 7) is 2.35. The van der Waals surface area contributed by atoms with E-state index in [2.05, 4.69) is 0 Å². The Morgan fingerprint density at radius 3 is 2.88 bits per heavy atom. The molecule has 0 radical (unpaired) electrons. The van der Waals surface area contributed by atoms with Crippen LogP contribution in [0.3, 0.4) is 0 Å². The maximum absolute atomic E-state index is 11.5. The van der Waals surface area contributed by atoms with Gasteiger partial charge in [-0.2, -0.15) is 0 Å². The number of hydrogen-bond acceptors (Lipinski definition) is 4. The van der Waals surface area contributed by atoms with Crippen LogP contribution in [0.25, 0.3) is 0 Å². The van der Waals surface area contributed by atoms with Gasteiger partial charge in [-0.05, 0) is 25.7 Å². The minimum atomic E-state index is -1.77. The highest BCUT2D eigenvalue weighted by Crippen LogP contribution is 2.43. The minimum Gasteiger partial charge on any atom is -0.375 e. The smallest absolute Gasteiger partial charge is 0.246 e. The molecule has 1 heterocycles. The van der Waals surface area contributed by atoms with Gasteiger partial charge in [0.15, 0.2) is 0 Å². The molecule has 92 valence electrons. The fourth-order valence-electron chi connectivity index (χ4n) is 2.28. The van der Waals surface area contributed by atoms with E-state index in [1.165, 1.54) is 6.42 Å². The highest BCUT2D eigenvalue weighted by Gasteiger charge is 2.43. The van der Waals surface area contributed by atoms with E-state index in [0.29, 0.717) is 6.61 Å². The minimum absolute atomic E-state index is 0.0254. The quantitative estimate of drug-likeness (QED) is 0.760. The first-order valence-corrected chi connectivity index (χ1v) is 6.98. The first-order valence-electron chi connectivity index (χ1n) is 5.91. The standard InChI is InChI=1S/C11H18O4S/c1-2-10(12)16(13)15-9-4-7-14-11(8-9)5-3-6-11/h9H,2-8H2,1H3. The van der Waals surface area contributed by atoms with Crippen LogP contribution in [0.1, 0.15) is 45.4 Å². The molecule has 1 aliphatic carbocycles. The van der Waals surface area contributed by atoms with E-state index in [4.69, 9.17) is 8.92 Å². The molecule has 0 aromatic heterocycles. The van der Waals surface area contributed by atoms with Crippen LogP contribution in [-0.2, 0) is 24.8 Å². The predicted molar refractivity (Wildman–Crippen MR) is 60.1 cm³/mol. The zero-order valence-corrected chi connectivity index (χ0v) is 10.4. The lowest BCUT2D eigenvalue weighted by molar-refractivity contribution is -0.152. The van der Waals surface area contributed by atoms with Gasteiger partial charge in [0, 0.05) is 19.4 Å². The average molecular weight is 246 g/mol. The Hall–Kier alpha value is -0.260. The number of hydrogen-bond donors (Lipinski definition) is 0. The van der Waals surface area contributed by atoms with Crippen molar-refractivity contribution >= 4 is 16.2 Å². The van der Waals surface area contributed by atoms with Crippen LogP contribution in [0.2, 0.25) is 0 Å². The maximum atomic E-state index is 11.5. The van der Waals surface area contributed by atoms with Crippen molar-refractivity contribution in [2.24, 2.45) is 0 Å². The molecule has 16 heavy (non-hydrogen) atoms. The Balaban J connectivity index is 1.85. The highest BCUT2D eigenvalue weighted by molar-refractivity contribution is 7.96. The van der Waals surface area contributed by atoms with Crippen molar-refractivity contribution in [1.82, 2.24) is 0 Å². The molecule has 0 aromatic carbocycles. The molecule has 1 aliphatic heterocycles. The van der Waals surface area contributed by atoms with Crippen LogP contribution in [0.5, 0.6) is 0 Å². The monoisotopic (exact) mass is 246 g/mol. The number of ether oxygens (including phenoxy) is 1. The average Bonchev–Trinajstić information content (AvgIpc) is 2.26. The summed E-state index contributed by atoms with van der Waals surface area (Å²) < 4.78 is 22.5. The second-order valence-electron chi connectivity index (χ2n) is 4.56. The Bertz CT molecular complexity index is 298. The summed E-state index contributed by atoms with van der Waals surface area (Å²) in [5.41, 5.74) is -0.0254. The molecule has 0 amide bonds.